The number of allylic oxidation sites excluding steroid dienone is 1. The minimum Gasteiger partial charge on any atom is -0.504 e. The fourth-order valence-electron chi connectivity index (χ4n) is 4.06. The van der Waals surface area contributed by atoms with Gasteiger partial charge in [-0.2, -0.15) is 0 Å². The number of nitrogens with zero attached hydrogens (tertiary/aromatic N) is 3. The van der Waals surface area contributed by atoms with Crippen molar-refractivity contribution in [2.45, 2.75) is 26.8 Å². The summed E-state index contributed by atoms with van der Waals surface area (Å²) in [6.07, 6.45) is 1.73. The van der Waals surface area contributed by atoms with E-state index in [1.165, 1.54) is 22.0 Å². The minimum atomic E-state index is -0.593. The molecule has 36 heavy (non-hydrogen) atoms. The summed E-state index contributed by atoms with van der Waals surface area (Å²) in [4.78, 5) is 33.7. The van der Waals surface area contributed by atoms with E-state index in [0.717, 1.165) is 11.3 Å². The first-order valence-electron chi connectivity index (χ1n) is 11.7. The number of thiazole rings is 1. The zero-order chi connectivity index (χ0) is 26.0. The Balaban J connectivity index is 1.89. The Kier molecular flexibility index (Phi) is 7.30. The lowest BCUT2D eigenvalue weighted by molar-refractivity contribution is -0.138. The number of fused-ring (bicyclic) bond motifs is 1. The van der Waals surface area contributed by atoms with Crippen molar-refractivity contribution in [1.29, 1.82) is 0 Å². The van der Waals surface area contributed by atoms with Crippen LogP contribution in [-0.4, -0.2) is 43.0 Å². The number of carbonyl (C=O) groups is 1. The van der Waals surface area contributed by atoms with E-state index in [1.807, 2.05) is 50.2 Å². The Labute approximate surface area is 213 Å². The van der Waals surface area contributed by atoms with Crippen molar-refractivity contribution in [3.05, 3.63) is 78.9 Å². The van der Waals surface area contributed by atoms with Gasteiger partial charge in [-0.05, 0) is 62.2 Å². The number of aromatic hydroxyl groups is 1. The second-order valence-electron chi connectivity index (χ2n) is 8.43. The van der Waals surface area contributed by atoms with Gasteiger partial charge >= 0.3 is 5.97 Å². The molecule has 0 saturated heterocycles. The molecular formula is C27H29N3O5S. The van der Waals surface area contributed by atoms with Gasteiger partial charge in [-0.25, -0.2) is 9.79 Å². The van der Waals surface area contributed by atoms with Gasteiger partial charge in [0.05, 0.1) is 23.3 Å². The molecule has 3 aromatic rings. The third-order valence-electron chi connectivity index (χ3n) is 5.85. The molecule has 1 aromatic heterocycles. The second kappa shape index (κ2) is 10.4. The molecule has 0 saturated carbocycles. The molecule has 0 aliphatic carbocycles. The number of carbonyl (C=O) groups excluding carboxylic acids is 1. The van der Waals surface area contributed by atoms with Crippen molar-refractivity contribution in [2.75, 3.05) is 32.2 Å². The number of hydrogen-bond donors (Lipinski definition) is 1. The van der Waals surface area contributed by atoms with Crippen molar-refractivity contribution < 1.29 is 19.4 Å². The summed E-state index contributed by atoms with van der Waals surface area (Å²) in [5, 5.41) is 9.99. The molecule has 4 rings (SSSR count). The predicted molar refractivity (Wildman–Crippen MR) is 141 cm³/mol. The van der Waals surface area contributed by atoms with Gasteiger partial charge in [0.25, 0.3) is 5.56 Å². The average molecular weight is 508 g/mol. The number of phenolic OH excluding ortho intramolecular Hbond substituents is 1. The maximum Gasteiger partial charge on any atom is 0.338 e. The molecule has 8 nitrogen and oxygen atoms in total. The number of esters is 1. The standard InChI is InChI=1S/C27H29N3O5S/c1-6-34-21-14-17(8-13-20(21)31)15-22-25(32)30-16(3)23(26(33)35-7-2)24(28-27(30)36-22)18-9-11-19(12-10-18)29(4)5/h8-15,24,31H,6-7H2,1-5H3/b22-15-/t24-/m1/s1. The zero-order valence-electron chi connectivity index (χ0n) is 20.9. The Bertz CT molecular complexity index is 1500. The molecule has 0 amide bonds. The predicted octanol–water partition coefficient (Wildman–Crippen LogP) is 3.08. The van der Waals surface area contributed by atoms with Crippen molar-refractivity contribution in [2.24, 2.45) is 4.99 Å². The summed E-state index contributed by atoms with van der Waals surface area (Å²) >= 11 is 1.25. The molecule has 1 N–H and O–H groups in total. The first-order valence-corrected chi connectivity index (χ1v) is 12.5. The SMILES string of the molecule is CCOC(=O)C1=C(C)n2c(s/c(=C\c3ccc(O)c(OCC)c3)c2=O)=N[C@@H]1c1ccc(N(C)C)cc1. The van der Waals surface area contributed by atoms with Crippen molar-refractivity contribution in [3.8, 4) is 11.5 Å². The zero-order valence-corrected chi connectivity index (χ0v) is 21.8. The largest absolute Gasteiger partial charge is 0.504 e. The van der Waals surface area contributed by atoms with Gasteiger partial charge < -0.3 is 19.5 Å². The molecule has 188 valence electrons. The van der Waals surface area contributed by atoms with E-state index in [9.17, 15) is 14.7 Å². The highest BCUT2D eigenvalue weighted by atomic mass is 32.1. The highest BCUT2D eigenvalue weighted by Gasteiger charge is 2.31. The molecule has 1 aliphatic heterocycles. The van der Waals surface area contributed by atoms with Crippen LogP contribution in [0.3, 0.4) is 0 Å². The first kappa shape index (κ1) is 25.2. The monoisotopic (exact) mass is 507 g/mol. The van der Waals surface area contributed by atoms with Crippen LogP contribution >= 0.6 is 11.3 Å². The smallest absolute Gasteiger partial charge is 0.338 e. The Hall–Kier alpha value is -3.85. The Morgan fingerprint density at radius 1 is 1.17 bits per heavy atom. The van der Waals surface area contributed by atoms with E-state index >= 15 is 0 Å². The summed E-state index contributed by atoms with van der Waals surface area (Å²) in [6.45, 7) is 5.95. The lowest BCUT2D eigenvalue weighted by atomic mass is 9.96. The lowest BCUT2D eigenvalue weighted by Gasteiger charge is -2.23. The number of benzene rings is 2. The van der Waals surface area contributed by atoms with E-state index in [0.29, 0.717) is 38.5 Å². The normalized spacial score (nSPS) is 15.4. The quantitative estimate of drug-likeness (QED) is 0.494. The van der Waals surface area contributed by atoms with E-state index in [-0.39, 0.29) is 17.9 Å². The van der Waals surface area contributed by atoms with Gasteiger partial charge in [0, 0.05) is 25.5 Å². The van der Waals surface area contributed by atoms with Gasteiger partial charge in [0.15, 0.2) is 16.3 Å². The molecular weight excluding hydrogens is 478 g/mol. The summed E-state index contributed by atoms with van der Waals surface area (Å²) in [5.74, 6) is -0.110. The first-order chi connectivity index (χ1) is 17.2. The number of ether oxygens (including phenoxy) is 2. The van der Waals surface area contributed by atoms with E-state index in [2.05, 4.69) is 0 Å². The van der Waals surface area contributed by atoms with Crippen LogP contribution in [-0.2, 0) is 9.53 Å². The summed E-state index contributed by atoms with van der Waals surface area (Å²) < 4.78 is 12.7. The maximum atomic E-state index is 13.4. The molecule has 0 unspecified atom stereocenters. The fraction of sp³-hybridized carbons (Fsp3) is 0.296. The summed E-state index contributed by atoms with van der Waals surface area (Å²) in [7, 11) is 3.92. The van der Waals surface area contributed by atoms with E-state index in [4.69, 9.17) is 14.5 Å². The van der Waals surface area contributed by atoms with E-state index in [1.54, 1.807) is 32.1 Å². The number of aromatic nitrogens is 1. The fourth-order valence-corrected chi connectivity index (χ4v) is 5.10. The molecule has 2 heterocycles. The molecule has 0 spiro atoms. The van der Waals surface area contributed by atoms with Crippen molar-refractivity contribution >= 4 is 34.8 Å². The summed E-state index contributed by atoms with van der Waals surface area (Å²) in [5.41, 5.74) is 3.14. The Morgan fingerprint density at radius 2 is 1.89 bits per heavy atom. The molecule has 0 bridgehead atoms. The number of phenols is 1. The lowest BCUT2D eigenvalue weighted by Crippen LogP contribution is -2.35. The van der Waals surface area contributed by atoms with Crippen LogP contribution < -0.4 is 24.5 Å². The van der Waals surface area contributed by atoms with Crippen LogP contribution in [0.2, 0.25) is 0 Å². The van der Waals surface area contributed by atoms with Crippen LogP contribution in [0.4, 0.5) is 5.69 Å². The van der Waals surface area contributed by atoms with Crippen LogP contribution in [0.5, 0.6) is 11.5 Å². The van der Waals surface area contributed by atoms with Crippen LogP contribution in [0, 0.1) is 0 Å². The van der Waals surface area contributed by atoms with E-state index < -0.39 is 12.0 Å². The van der Waals surface area contributed by atoms with Crippen LogP contribution in [0.1, 0.15) is 37.9 Å². The second-order valence-corrected chi connectivity index (χ2v) is 9.44. The van der Waals surface area contributed by atoms with Crippen LogP contribution in [0.25, 0.3) is 11.8 Å². The molecule has 0 fully saturated rings. The topological polar surface area (TPSA) is 93.4 Å². The number of hydrogen-bond acceptors (Lipinski definition) is 8. The Morgan fingerprint density at radius 3 is 2.53 bits per heavy atom. The highest BCUT2D eigenvalue weighted by molar-refractivity contribution is 7.07. The third-order valence-corrected chi connectivity index (χ3v) is 6.83. The molecule has 1 aliphatic rings. The van der Waals surface area contributed by atoms with Crippen LogP contribution in [0.15, 0.2) is 57.8 Å². The molecule has 1 atom stereocenters. The van der Waals surface area contributed by atoms with Gasteiger partial charge in [0.2, 0.25) is 0 Å². The number of anilines is 1. The number of rotatable bonds is 7. The van der Waals surface area contributed by atoms with Gasteiger partial charge in [-0.1, -0.05) is 29.5 Å². The minimum absolute atomic E-state index is 0.0344. The molecule has 9 heteroatoms. The summed E-state index contributed by atoms with van der Waals surface area (Å²) in [6, 6.07) is 12.2. The molecule has 0 radical (unpaired) electrons. The van der Waals surface area contributed by atoms with Crippen molar-refractivity contribution in [1.82, 2.24) is 4.57 Å². The van der Waals surface area contributed by atoms with Gasteiger partial charge in [-0.3, -0.25) is 9.36 Å². The maximum absolute atomic E-state index is 13.4. The average Bonchev–Trinajstić information content (AvgIpc) is 3.16. The van der Waals surface area contributed by atoms with Gasteiger partial charge in [0.1, 0.15) is 6.04 Å². The van der Waals surface area contributed by atoms with Crippen molar-refractivity contribution in [3.63, 3.8) is 0 Å². The molecule has 2 aromatic carbocycles. The van der Waals surface area contributed by atoms with Gasteiger partial charge in [-0.15, -0.1) is 0 Å². The third kappa shape index (κ3) is 4.79. The highest BCUT2D eigenvalue weighted by Crippen LogP contribution is 2.33.